The minimum Gasteiger partial charge on any atom is -0.327 e. The molecule has 0 saturated heterocycles. The van der Waals surface area contributed by atoms with Gasteiger partial charge in [-0.3, -0.25) is 4.98 Å². The fourth-order valence-electron chi connectivity index (χ4n) is 1.46. The van der Waals surface area contributed by atoms with Crippen molar-refractivity contribution in [1.29, 1.82) is 0 Å². The van der Waals surface area contributed by atoms with Gasteiger partial charge in [0.25, 0.3) is 0 Å². The SMILES string of the molecule is Cc1cccc(Cn2cncc2CCl)n1. The van der Waals surface area contributed by atoms with E-state index in [1.807, 2.05) is 29.7 Å². The summed E-state index contributed by atoms with van der Waals surface area (Å²) in [6, 6.07) is 6.00. The van der Waals surface area contributed by atoms with E-state index >= 15 is 0 Å². The van der Waals surface area contributed by atoms with Crippen LogP contribution in [-0.2, 0) is 12.4 Å². The van der Waals surface area contributed by atoms with E-state index in [1.54, 1.807) is 12.5 Å². The number of alkyl halides is 1. The maximum Gasteiger partial charge on any atom is 0.0952 e. The summed E-state index contributed by atoms with van der Waals surface area (Å²) >= 11 is 5.79. The molecule has 15 heavy (non-hydrogen) atoms. The number of aryl methyl sites for hydroxylation is 1. The van der Waals surface area contributed by atoms with Crippen LogP contribution >= 0.6 is 11.6 Å². The van der Waals surface area contributed by atoms with Crippen LogP contribution in [0.4, 0.5) is 0 Å². The van der Waals surface area contributed by atoms with Crippen LogP contribution in [0.3, 0.4) is 0 Å². The number of hydrogen-bond acceptors (Lipinski definition) is 2. The zero-order chi connectivity index (χ0) is 10.7. The first-order valence-electron chi connectivity index (χ1n) is 4.77. The number of rotatable bonds is 3. The van der Waals surface area contributed by atoms with Crippen molar-refractivity contribution < 1.29 is 0 Å². The van der Waals surface area contributed by atoms with Crippen LogP contribution in [-0.4, -0.2) is 14.5 Å². The summed E-state index contributed by atoms with van der Waals surface area (Å²) in [6.45, 7) is 2.71. The van der Waals surface area contributed by atoms with E-state index in [-0.39, 0.29) is 0 Å². The smallest absolute Gasteiger partial charge is 0.0952 e. The normalized spacial score (nSPS) is 10.5. The quantitative estimate of drug-likeness (QED) is 0.746. The Labute approximate surface area is 93.7 Å². The molecule has 2 aromatic rings. The van der Waals surface area contributed by atoms with Crippen LogP contribution in [0.15, 0.2) is 30.7 Å². The molecule has 0 fully saturated rings. The average Bonchev–Trinajstić information content (AvgIpc) is 2.65. The van der Waals surface area contributed by atoms with Crippen LogP contribution in [0, 0.1) is 6.92 Å². The van der Waals surface area contributed by atoms with Gasteiger partial charge in [-0.05, 0) is 19.1 Å². The predicted octanol–water partition coefficient (Wildman–Crippen LogP) is 2.37. The van der Waals surface area contributed by atoms with Crippen LogP contribution in [0.25, 0.3) is 0 Å². The first-order chi connectivity index (χ1) is 7.29. The molecule has 0 aliphatic carbocycles. The summed E-state index contributed by atoms with van der Waals surface area (Å²) in [5, 5.41) is 0. The van der Waals surface area contributed by atoms with Gasteiger partial charge in [-0.1, -0.05) is 6.07 Å². The molecule has 0 spiro atoms. The molecule has 0 aliphatic heterocycles. The minimum absolute atomic E-state index is 0.478. The second-order valence-corrected chi connectivity index (χ2v) is 3.68. The molecule has 0 radical (unpaired) electrons. The Balaban J connectivity index is 2.22. The zero-order valence-electron chi connectivity index (χ0n) is 8.52. The minimum atomic E-state index is 0.478. The predicted molar refractivity (Wildman–Crippen MR) is 59.9 cm³/mol. The maximum absolute atomic E-state index is 5.79. The van der Waals surface area contributed by atoms with E-state index in [0.717, 1.165) is 23.6 Å². The van der Waals surface area contributed by atoms with Gasteiger partial charge in [0.1, 0.15) is 0 Å². The molecular weight excluding hydrogens is 210 g/mol. The van der Waals surface area contributed by atoms with E-state index in [9.17, 15) is 0 Å². The lowest BCUT2D eigenvalue weighted by Gasteiger charge is -2.05. The molecule has 0 N–H and O–H groups in total. The molecule has 0 unspecified atom stereocenters. The standard InChI is InChI=1S/C11H12ClN3/c1-9-3-2-4-10(14-9)7-15-8-13-6-11(15)5-12/h2-4,6,8H,5,7H2,1H3. The van der Waals surface area contributed by atoms with Gasteiger partial charge in [0.2, 0.25) is 0 Å². The third-order valence-corrected chi connectivity index (χ3v) is 2.49. The van der Waals surface area contributed by atoms with Crippen LogP contribution in [0.5, 0.6) is 0 Å². The summed E-state index contributed by atoms with van der Waals surface area (Å²) in [5.74, 6) is 0.478. The summed E-state index contributed by atoms with van der Waals surface area (Å²) in [5.41, 5.74) is 3.07. The number of halogens is 1. The molecule has 2 heterocycles. The number of nitrogens with zero attached hydrogens (tertiary/aromatic N) is 3. The second kappa shape index (κ2) is 4.45. The first-order valence-corrected chi connectivity index (χ1v) is 5.30. The summed E-state index contributed by atoms with van der Waals surface area (Å²) in [4.78, 5) is 8.49. The molecule has 3 nitrogen and oxygen atoms in total. The molecule has 2 rings (SSSR count). The molecule has 0 aliphatic rings. The highest BCUT2D eigenvalue weighted by atomic mass is 35.5. The van der Waals surface area contributed by atoms with E-state index < -0.39 is 0 Å². The Morgan fingerprint density at radius 3 is 3.00 bits per heavy atom. The van der Waals surface area contributed by atoms with Gasteiger partial charge in [0.15, 0.2) is 0 Å². The van der Waals surface area contributed by atoms with Crippen molar-refractivity contribution in [3.8, 4) is 0 Å². The molecule has 0 saturated carbocycles. The molecular formula is C11H12ClN3. The van der Waals surface area contributed by atoms with Gasteiger partial charge in [0.05, 0.1) is 30.1 Å². The highest BCUT2D eigenvalue weighted by Gasteiger charge is 2.02. The summed E-state index contributed by atoms with van der Waals surface area (Å²) in [7, 11) is 0. The van der Waals surface area contributed by atoms with Crippen molar-refractivity contribution in [3.63, 3.8) is 0 Å². The van der Waals surface area contributed by atoms with E-state index in [1.165, 1.54) is 0 Å². The van der Waals surface area contributed by atoms with Gasteiger partial charge in [-0.25, -0.2) is 4.98 Å². The van der Waals surface area contributed by atoms with Crippen molar-refractivity contribution in [2.75, 3.05) is 0 Å². The Kier molecular flexibility index (Phi) is 3.02. The lowest BCUT2D eigenvalue weighted by Crippen LogP contribution is -2.03. The van der Waals surface area contributed by atoms with Crippen molar-refractivity contribution >= 4 is 11.6 Å². The molecule has 4 heteroatoms. The third-order valence-electron chi connectivity index (χ3n) is 2.21. The van der Waals surface area contributed by atoms with E-state index in [4.69, 9.17) is 11.6 Å². The molecule has 0 bridgehead atoms. The molecule has 0 amide bonds. The molecule has 2 aromatic heterocycles. The van der Waals surface area contributed by atoms with Gasteiger partial charge >= 0.3 is 0 Å². The Bertz CT molecular complexity index is 451. The van der Waals surface area contributed by atoms with Gasteiger partial charge in [-0.15, -0.1) is 11.6 Å². The van der Waals surface area contributed by atoms with Crippen molar-refractivity contribution in [1.82, 2.24) is 14.5 Å². The Morgan fingerprint density at radius 2 is 2.27 bits per heavy atom. The topological polar surface area (TPSA) is 30.7 Å². The lowest BCUT2D eigenvalue weighted by atomic mass is 10.3. The van der Waals surface area contributed by atoms with Gasteiger partial charge in [0, 0.05) is 11.9 Å². The fraction of sp³-hybridized carbons (Fsp3) is 0.273. The number of aromatic nitrogens is 3. The highest BCUT2D eigenvalue weighted by molar-refractivity contribution is 6.16. The number of imidazole rings is 1. The highest BCUT2D eigenvalue weighted by Crippen LogP contribution is 2.07. The Morgan fingerprint density at radius 1 is 1.40 bits per heavy atom. The number of pyridine rings is 1. The van der Waals surface area contributed by atoms with Crippen molar-refractivity contribution in [2.45, 2.75) is 19.3 Å². The van der Waals surface area contributed by atoms with Crippen LogP contribution in [0.2, 0.25) is 0 Å². The van der Waals surface area contributed by atoms with Crippen LogP contribution in [0.1, 0.15) is 17.1 Å². The lowest BCUT2D eigenvalue weighted by molar-refractivity contribution is 0.742. The zero-order valence-corrected chi connectivity index (χ0v) is 9.28. The second-order valence-electron chi connectivity index (χ2n) is 3.42. The third kappa shape index (κ3) is 2.36. The van der Waals surface area contributed by atoms with E-state index in [2.05, 4.69) is 9.97 Å². The van der Waals surface area contributed by atoms with Crippen molar-refractivity contribution in [3.05, 3.63) is 47.8 Å². The maximum atomic E-state index is 5.79. The molecule has 78 valence electrons. The summed E-state index contributed by atoms with van der Waals surface area (Å²) < 4.78 is 2.01. The summed E-state index contributed by atoms with van der Waals surface area (Å²) in [6.07, 6.45) is 3.56. The van der Waals surface area contributed by atoms with Gasteiger partial charge in [-0.2, -0.15) is 0 Å². The largest absolute Gasteiger partial charge is 0.327 e. The van der Waals surface area contributed by atoms with Gasteiger partial charge < -0.3 is 4.57 Å². The molecule has 0 atom stereocenters. The monoisotopic (exact) mass is 221 g/mol. The fourth-order valence-corrected chi connectivity index (χ4v) is 1.69. The molecule has 0 aromatic carbocycles. The van der Waals surface area contributed by atoms with Crippen molar-refractivity contribution in [2.24, 2.45) is 0 Å². The average molecular weight is 222 g/mol. The Hall–Kier alpha value is -1.35. The van der Waals surface area contributed by atoms with E-state index in [0.29, 0.717) is 5.88 Å². The number of hydrogen-bond donors (Lipinski definition) is 0. The first kappa shape index (κ1) is 10.2. The van der Waals surface area contributed by atoms with Crippen LogP contribution < -0.4 is 0 Å².